The van der Waals surface area contributed by atoms with E-state index in [1.54, 1.807) is 24.7 Å². The molecule has 0 amide bonds. The van der Waals surface area contributed by atoms with Gasteiger partial charge in [-0.3, -0.25) is 9.97 Å². The number of nitrogens with zero attached hydrogens (tertiary/aromatic N) is 5. The maximum absolute atomic E-state index is 7.34. The van der Waals surface area contributed by atoms with Gasteiger partial charge in [-0.15, -0.1) is 5.11 Å². The molecule has 0 aliphatic rings. The van der Waals surface area contributed by atoms with Crippen LogP contribution < -0.4 is 10.1 Å². The lowest BCUT2D eigenvalue weighted by atomic mass is 10.1. The molecule has 3 heterocycles. The maximum atomic E-state index is 7.34. The van der Waals surface area contributed by atoms with Gasteiger partial charge in [0.15, 0.2) is 0 Å². The first-order chi connectivity index (χ1) is 16.2. The maximum Gasteiger partial charge on any atom is 0.270 e. The molecule has 0 aliphatic heterocycles. The molecule has 0 atom stereocenters. The predicted octanol–water partition coefficient (Wildman–Crippen LogP) is 6.89. The Bertz CT molecular complexity index is 1460. The molecule has 9 heteroatoms. The average Bonchev–Trinajstić information content (AvgIpc) is 2.86. The van der Waals surface area contributed by atoms with Gasteiger partial charge in [0, 0.05) is 52.9 Å². The number of pyridine rings is 2. The molecule has 33 heavy (non-hydrogen) atoms. The zero-order valence-electron chi connectivity index (χ0n) is 17.1. The SMILES string of the molecule is N=Nc1nc(Nc2ccc(Oc3cccc4cnccc34)c(I)c2)cc(-c2cccnc2)n1. The van der Waals surface area contributed by atoms with Crippen molar-refractivity contribution >= 4 is 50.8 Å². The van der Waals surface area contributed by atoms with Crippen molar-refractivity contribution < 1.29 is 4.74 Å². The Balaban J connectivity index is 1.42. The molecule has 2 N–H and O–H groups in total. The number of hydrogen-bond acceptors (Lipinski definition) is 8. The van der Waals surface area contributed by atoms with Crippen molar-refractivity contribution in [1.82, 2.24) is 19.9 Å². The van der Waals surface area contributed by atoms with E-state index in [2.05, 4.69) is 53.0 Å². The first-order valence-corrected chi connectivity index (χ1v) is 11.0. The highest BCUT2D eigenvalue weighted by Gasteiger charge is 2.10. The Morgan fingerprint density at radius 2 is 1.79 bits per heavy atom. The summed E-state index contributed by atoms with van der Waals surface area (Å²) in [4.78, 5) is 16.9. The van der Waals surface area contributed by atoms with Crippen molar-refractivity contribution in [2.24, 2.45) is 5.11 Å². The molecular formula is C24H16IN7O. The van der Waals surface area contributed by atoms with Crippen LogP contribution in [-0.4, -0.2) is 19.9 Å². The van der Waals surface area contributed by atoms with Gasteiger partial charge in [-0.05, 0) is 65.1 Å². The van der Waals surface area contributed by atoms with E-state index < -0.39 is 0 Å². The van der Waals surface area contributed by atoms with Gasteiger partial charge in [0.2, 0.25) is 0 Å². The van der Waals surface area contributed by atoms with Gasteiger partial charge in [0.05, 0.1) is 9.26 Å². The summed E-state index contributed by atoms with van der Waals surface area (Å²) in [7, 11) is 0. The predicted molar refractivity (Wildman–Crippen MR) is 134 cm³/mol. The number of aromatic nitrogens is 4. The number of nitrogens with one attached hydrogen (secondary N) is 2. The normalized spacial score (nSPS) is 10.7. The van der Waals surface area contributed by atoms with Crippen LogP contribution in [-0.2, 0) is 0 Å². The molecule has 5 aromatic rings. The quantitative estimate of drug-likeness (QED) is 0.178. The fourth-order valence-corrected chi connectivity index (χ4v) is 3.95. The van der Waals surface area contributed by atoms with E-state index in [9.17, 15) is 0 Å². The largest absolute Gasteiger partial charge is 0.456 e. The number of anilines is 2. The minimum atomic E-state index is 0.0685. The van der Waals surface area contributed by atoms with Crippen LogP contribution in [0, 0.1) is 9.10 Å². The molecule has 0 bridgehead atoms. The minimum Gasteiger partial charge on any atom is -0.456 e. The molecule has 0 saturated carbocycles. The summed E-state index contributed by atoms with van der Waals surface area (Å²) >= 11 is 2.24. The summed E-state index contributed by atoms with van der Waals surface area (Å²) in [6, 6.07) is 19.1. The summed E-state index contributed by atoms with van der Waals surface area (Å²) in [5.74, 6) is 2.11. The first kappa shape index (κ1) is 20.9. The summed E-state index contributed by atoms with van der Waals surface area (Å²) in [6.07, 6.45) is 6.98. The second-order valence-electron chi connectivity index (χ2n) is 7.02. The zero-order valence-corrected chi connectivity index (χ0v) is 19.3. The van der Waals surface area contributed by atoms with Crippen molar-refractivity contribution in [3.63, 3.8) is 0 Å². The molecule has 8 nitrogen and oxygen atoms in total. The van der Waals surface area contributed by atoms with E-state index in [1.807, 2.05) is 60.8 Å². The smallest absolute Gasteiger partial charge is 0.270 e. The molecule has 3 aromatic heterocycles. The minimum absolute atomic E-state index is 0.0685. The van der Waals surface area contributed by atoms with Gasteiger partial charge in [-0.1, -0.05) is 12.1 Å². The number of rotatable bonds is 6. The summed E-state index contributed by atoms with van der Waals surface area (Å²) in [5.41, 5.74) is 9.61. The molecule has 0 spiro atoms. The second kappa shape index (κ2) is 9.25. The summed E-state index contributed by atoms with van der Waals surface area (Å²) < 4.78 is 7.13. The lowest BCUT2D eigenvalue weighted by molar-refractivity contribution is 0.485. The van der Waals surface area contributed by atoms with Crippen molar-refractivity contribution in [3.05, 3.63) is 89.0 Å². The van der Waals surface area contributed by atoms with Crippen LogP contribution in [0.15, 0.2) is 90.6 Å². The topological polar surface area (TPSA) is 109 Å². The number of benzene rings is 2. The fourth-order valence-electron chi connectivity index (χ4n) is 3.32. The molecule has 0 radical (unpaired) electrons. The standard InChI is InChI=1S/C24H16IN7O/c25-19-11-17(6-7-22(19)33-21-5-1-3-15-13-28-10-8-18(15)21)29-23-12-20(30-24(31-23)32-26)16-4-2-9-27-14-16/h1-14,26H,(H,29,30,31). The van der Waals surface area contributed by atoms with Crippen LogP contribution >= 0.6 is 22.6 Å². The van der Waals surface area contributed by atoms with Gasteiger partial charge in [-0.2, -0.15) is 4.98 Å². The Kier molecular flexibility index (Phi) is 5.85. The number of ether oxygens (including phenoxy) is 1. The van der Waals surface area contributed by atoms with E-state index in [0.717, 1.165) is 37.1 Å². The number of hydrogen-bond donors (Lipinski definition) is 2. The third-order valence-electron chi connectivity index (χ3n) is 4.84. The Hall–Kier alpha value is -3.99. The Morgan fingerprint density at radius 1 is 0.879 bits per heavy atom. The van der Waals surface area contributed by atoms with Crippen LogP contribution in [0.5, 0.6) is 11.5 Å². The Labute approximate surface area is 202 Å². The molecular weight excluding hydrogens is 529 g/mol. The number of halogens is 1. The van der Waals surface area contributed by atoms with E-state index in [1.165, 1.54) is 0 Å². The summed E-state index contributed by atoms with van der Waals surface area (Å²) in [6.45, 7) is 0. The lowest BCUT2D eigenvalue weighted by Crippen LogP contribution is -1.98. The van der Waals surface area contributed by atoms with Crippen molar-refractivity contribution in [1.29, 1.82) is 5.53 Å². The third-order valence-corrected chi connectivity index (χ3v) is 5.68. The fraction of sp³-hybridized carbons (Fsp3) is 0. The van der Waals surface area contributed by atoms with Crippen molar-refractivity contribution in [2.45, 2.75) is 0 Å². The highest BCUT2D eigenvalue weighted by atomic mass is 127. The van der Waals surface area contributed by atoms with Gasteiger partial charge >= 0.3 is 0 Å². The molecule has 5 rings (SSSR count). The second-order valence-corrected chi connectivity index (χ2v) is 8.18. The van der Waals surface area contributed by atoms with Crippen LogP contribution in [0.2, 0.25) is 0 Å². The van der Waals surface area contributed by atoms with E-state index in [-0.39, 0.29) is 5.95 Å². The van der Waals surface area contributed by atoms with Gasteiger partial charge < -0.3 is 10.1 Å². The number of fused-ring (bicyclic) bond motifs is 1. The highest BCUT2D eigenvalue weighted by molar-refractivity contribution is 14.1. The lowest BCUT2D eigenvalue weighted by Gasteiger charge is -2.13. The zero-order chi connectivity index (χ0) is 22.6. The molecule has 0 aliphatic carbocycles. The molecule has 2 aromatic carbocycles. The van der Waals surface area contributed by atoms with Gasteiger partial charge in [0.1, 0.15) is 17.3 Å². The summed E-state index contributed by atoms with van der Waals surface area (Å²) in [5, 5.41) is 8.69. The molecule has 0 saturated heterocycles. The van der Waals surface area contributed by atoms with Crippen LogP contribution in [0.1, 0.15) is 0 Å². The van der Waals surface area contributed by atoms with Gasteiger partial charge in [0.25, 0.3) is 5.95 Å². The molecule has 0 unspecified atom stereocenters. The van der Waals surface area contributed by atoms with Crippen LogP contribution in [0.4, 0.5) is 17.5 Å². The molecule has 0 fully saturated rings. The van der Waals surface area contributed by atoms with Crippen LogP contribution in [0.3, 0.4) is 0 Å². The Morgan fingerprint density at radius 3 is 2.61 bits per heavy atom. The highest BCUT2D eigenvalue weighted by Crippen LogP contribution is 2.34. The average molecular weight is 545 g/mol. The van der Waals surface area contributed by atoms with Crippen molar-refractivity contribution in [2.75, 3.05) is 5.32 Å². The first-order valence-electron chi connectivity index (χ1n) is 9.94. The van der Waals surface area contributed by atoms with Crippen LogP contribution in [0.25, 0.3) is 22.0 Å². The third kappa shape index (κ3) is 4.62. The molecule has 160 valence electrons. The monoisotopic (exact) mass is 545 g/mol. The van der Waals surface area contributed by atoms with E-state index in [0.29, 0.717) is 11.5 Å². The van der Waals surface area contributed by atoms with E-state index in [4.69, 9.17) is 10.3 Å². The van der Waals surface area contributed by atoms with E-state index >= 15 is 0 Å². The van der Waals surface area contributed by atoms with Gasteiger partial charge in [-0.25, -0.2) is 10.5 Å². The van der Waals surface area contributed by atoms with Crippen molar-refractivity contribution in [3.8, 4) is 22.8 Å².